The maximum Gasteiger partial charge on any atom is 0.328 e. The molecule has 0 saturated heterocycles. The highest BCUT2D eigenvalue weighted by Gasteiger charge is 2.47. The molecule has 0 radical (unpaired) electrons. The zero-order valence-electron chi connectivity index (χ0n) is 11.9. The van der Waals surface area contributed by atoms with Gasteiger partial charge in [-0.1, -0.05) is 12.1 Å². The Morgan fingerprint density at radius 3 is 2.71 bits per heavy atom. The maximum absolute atomic E-state index is 12.3. The van der Waals surface area contributed by atoms with Gasteiger partial charge >= 0.3 is 5.97 Å². The molecule has 2 atom stereocenters. The SMILES string of the molecule is COC(=O)C(C)NC(=O)C1(C)Oc2ccccc2NC1=O. The van der Waals surface area contributed by atoms with E-state index in [2.05, 4.69) is 15.4 Å². The molecule has 0 saturated carbocycles. The largest absolute Gasteiger partial charge is 0.467 e. The van der Waals surface area contributed by atoms with Gasteiger partial charge < -0.3 is 20.1 Å². The van der Waals surface area contributed by atoms with Gasteiger partial charge in [0.15, 0.2) is 0 Å². The van der Waals surface area contributed by atoms with Crippen molar-refractivity contribution in [2.24, 2.45) is 0 Å². The summed E-state index contributed by atoms with van der Waals surface area (Å²) in [5, 5.41) is 5.01. The van der Waals surface area contributed by atoms with Crippen LogP contribution in [0.1, 0.15) is 13.8 Å². The molecule has 1 heterocycles. The Hall–Kier alpha value is -2.57. The minimum atomic E-state index is -1.75. The maximum atomic E-state index is 12.3. The van der Waals surface area contributed by atoms with E-state index in [1.165, 1.54) is 21.0 Å². The molecule has 0 aromatic heterocycles. The number of ether oxygens (including phenoxy) is 2. The van der Waals surface area contributed by atoms with E-state index in [1.807, 2.05) is 0 Å². The summed E-state index contributed by atoms with van der Waals surface area (Å²) in [5.41, 5.74) is -1.26. The van der Waals surface area contributed by atoms with Crippen molar-refractivity contribution in [1.82, 2.24) is 5.32 Å². The third-order valence-corrected chi connectivity index (χ3v) is 3.22. The van der Waals surface area contributed by atoms with Gasteiger partial charge in [0.25, 0.3) is 17.4 Å². The minimum absolute atomic E-state index is 0.389. The van der Waals surface area contributed by atoms with Crippen LogP contribution >= 0.6 is 0 Å². The number of hydrogen-bond donors (Lipinski definition) is 2. The van der Waals surface area contributed by atoms with E-state index >= 15 is 0 Å². The van der Waals surface area contributed by atoms with Crippen molar-refractivity contribution in [1.29, 1.82) is 0 Å². The van der Waals surface area contributed by atoms with Crippen LogP contribution in [0, 0.1) is 0 Å². The second kappa shape index (κ2) is 5.43. The van der Waals surface area contributed by atoms with E-state index in [0.717, 1.165) is 0 Å². The number of benzene rings is 1. The number of esters is 1. The van der Waals surface area contributed by atoms with Crippen molar-refractivity contribution in [3.05, 3.63) is 24.3 Å². The van der Waals surface area contributed by atoms with E-state index in [0.29, 0.717) is 11.4 Å². The molecule has 0 fully saturated rings. The first-order valence-corrected chi connectivity index (χ1v) is 6.37. The normalized spacial score (nSPS) is 21.4. The van der Waals surface area contributed by atoms with Gasteiger partial charge in [0, 0.05) is 0 Å². The fourth-order valence-corrected chi connectivity index (χ4v) is 1.89. The molecule has 0 aliphatic carbocycles. The number of methoxy groups -OCH3 is 1. The van der Waals surface area contributed by atoms with Crippen LogP contribution in [0.2, 0.25) is 0 Å². The lowest BCUT2D eigenvalue weighted by Crippen LogP contribution is -2.60. The van der Waals surface area contributed by atoms with E-state index in [-0.39, 0.29) is 0 Å². The smallest absolute Gasteiger partial charge is 0.328 e. The quantitative estimate of drug-likeness (QED) is 0.623. The summed E-state index contributed by atoms with van der Waals surface area (Å²) < 4.78 is 10.1. The Kier molecular flexibility index (Phi) is 3.84. The first-order chi connectivity index (χ1) is 9.88. The van der Waals surface area contributed by atoms with E-state index in [1.54, 1.807) is 24.3 Å². The molecule has 1 aromatic rings. The molecule has 2 N–H and O–H groups in total. The average molecular weight is 292 g/mol. The van der Waals surface area contributed by atoms with Crippen molar-refractivity contribution in [3.63, 3.8) is 0 Å². The zero-order valence-corrected chi connectivity index (χ0v) is 11.9. The Morgan fingerprint density at radius 1 is 1.38 bits per heavy atom. The van der Waals surface area contributed by atoms with Crippen LogP contribution in [0.3, 0.4) is 0 Å². The van der Waals surface area contributed by atoms with Gasteiger partial charge in [-0.15, -0.1) is 0 Å². The van der Waals surface area contributed by atoms with Gasteiger partial charge in [0.1, 0.15) is 11.8 Å². The van der Waals surface area contributed by atoms with Crippen molar-refractivity contribution in [3.8, 4) is 5.75 Å². The molecule has 7 nitrogen and oxygen atoms in total. The first-order valence-electron chi connectivity index (χ1n) is 6.37. The van der Waals surface area contributed by atoms with Gasteiger partial charge in [-0.3, -0.25) is 9.59 Å². The van der Waals surface area contributed by atoms with Crippen LogP contribution in [0.15, 0.2) is 24.3 Å². The lowest BCUT2D eigenvalue weighted by molar-refractivity contribution is -0.151. The predicted molar refractivity (Wildman–Crippen MR) is 73.7 cm³/mol. The van der Waals surface area contributed by atoms with Crippen molar-refractivity contribution in [2.45, 2.75) is 25.5 Å². The van der Waals surface area contributed by atoms with Crippen molar-refractivity contribution in [2.75, 3.05) is 12.4 Å². The molecule has 0 spiro atoms. The molecule has 1 aliphatic rings. The number of amides is 2. The number of carbonyl (C=O) groups is 3. The second-order valence-electron chi connectivity index (χ2n) is 4.80. The van der Waals surface area contributed by atoms with E-state index in [4.69, 9.17) is 4.74 Å². The monoisotopic (exact) mass is 292 g/mol. The van der Waals surface area contributed by atoms with Gasteiger partial charge in [-0.2, -0.15) is 0 Å². The Labute approximate surface area is 121 Å². The molecular formula is C14H16N2O5. The lowest BCUT2D eigenvalue weighted by atomic mass is 10.0. The van der Waals surface area contributed by atoms with Crippen LogP contribution < -0.4 is 15.4 Å². The standard InChI is InChI=1S/C14H16N2O5/c1-8(11(17)20-3)15-12(18)14(2)13(19)16-9-6-4-5-7-10(9)21-14/h4-8H,1-3H3,(H,15,18)(H,16,19). The summed E-state index contributed by atoms with van der Waals surface area (Å²) in [4.78, 5) is 35.7. The lowest BCUT2D eigenvalue weighted by Gasteiger charge is -2.33. The first kappa shape index (κ1) is 14.8. The van der Waals surface area contributed by atoms with Crippen molar-refractivity contribution >= 4 is 23.5 Å². The highest BCUT2D eigenvalue weighted by atomic mass is 16.5. The number of carbonyl (C=O) groups excluding carboxylic acids is 3. The highest BCUT2D eigenvalue weighted by molar-refractivity contribution is 6.15. The van der Waals surface area contributed by atoms with Crippen LogP contribution in [0.5, 0.6) is 5.75 Å². The highest BCUT2D eigenvalue weighted by Crippen LogP contribution is 2.33. The Morgan fingerprint density at radius 2 is 2.05 bits per heavy atom. The number of nitrogens with one attached hydrogen (secondary N) is 2. The molecule has 112 valence electrons. The number of para-hydroxylation sites is 2. The number of fused-ring (bicyclic) bond motifs is 1. The molecule has 21 heavy (non-hydrogen) atoms. The Balaban J connectivity index is 2.20. The van der Waals surface area contributed by atoms with Crippen LogP contribution in [0.25, 0.3) is 0 Å². The summed E-state index contributed by atoms with van der Waals surface area (Å²) >= 11 is 0. The molecule has 0 bridgehead atoms. The Bertz CT molecular complexity index is 601. The molecular weight excluding hydrogens is 276 g/mol. The number of hydrogen-bond acceptors (Lipinski definition) is 5. The number of rotatable bonds is 3. The average Bonchev–Trinajstić information content (AvgIpc) is 2.47. The minimum Gasteiger partial charge on any atom is -0.467 e. The molecule has 2 amide bonds. The van der Waals surface area contributed by atoms with Crippen LogP contribution in [-0.4, -0.2) is 36.5 Å². The van der Waals surface area contributed by atoms with Gasteiger partial charge in [0.05, 0.1) is 12.8 Å². The fraction of sp³-hybridized carbons (Fsp3) is 0.357. The second-order valence-corrected chi connectivity index (χ2v) is 4.80. The predicted octanol–water partition coefficient (Wildman–Crippen LogP) is 0.454. The van der Waals surface area contributed by atoms with E-state index < -0.39 is 29.4 Å². The third kappa shape index (κ3) is 2.67. The molecule has 7 heteroatoms. The number of anilines is 1. The van der Waals surface area contributed by atoms with Gasteiger partial charge in [0.2, 0.25) is 0 Å². The zero-order chi connectivity index (χ0) is 15.6. The molecule has 1 aliphatic heterocycles. The summed E-state index contributed by atoms with van der Waals surface area (Å²) in [6.07, 6.45) is 0. The topological polar surface area (TPSA) is 93.7 Å². The van der Waals surface area contributed by atoms with E-state index in [9.17, 15) is 14.4 Å². The molecule has 2 rings (SSSR count). The summed E-state index contributed by atoms with van der Waals surface area (Å²) in [6.45, 7) is 2.80. The summed E-state index contributed by atoms with van der Waals surface area (Å²) in [7, 11) is 1.22. The van der Waals surface area contributed by atoms with Crippen LogP contribution in [0.4, 0.5) is 5.69 Å². The van der Waals surface area contributed by atoms with Crippen LogP contribution in [-0.2, 0) is 19.1 Å². The van der Waals surface area contributed by atoms with Gasteiger partial charge in [-0.25, -0.2) is 4.79 Å². The molecule has 2 unspecified atom stereocenters. The summed E-state index contributed by atoms with van der Waals surface area (Å²) in [6, 6.07) is 5.90. The summed E-state index contributed by atoms with van der Waals surface area (Å²) in [5.74, 6) is -1.53. The van der Waals surface area contributed by atoms with Gasteiger partial charge in [-0.05, 0) is 26.0 Å². The fourth-order valence-electron chi connectivity index (χ4n) is 1.89. The van der Waals surface area contributed by atoms with Crippen molar-refractivity contribution < 1.29 is 23.9 Å². The third-order valence-electron chi connectivity index (χ3n) is 3.22. The molecule has 1 aromatic carbocycles.